The van der Waals surface area contributed by atoms with Crippen molar-refractivity contribution in [1.29, 1.82) is 0 Å². The molecule has 0 aromatic carbocycles. The number of aryl methyl sites for hydroxylation is 3. The van der Waals surface area contributed by atoms with Gasteiger partial charge in [0.05, 0.1) is 5.39 Å². The molecule has 0 N–H and O–H groups in total. The van der Waals surface area contributed by atoms with E-state index >= 15 is 0 Å². The lowest BCUT2D eigenvalue weighted by Gasteiger charge is -2.10. The van der Waals surface area contributed by atoms with Crippen molar-refractivity contribution >= 4 is 39.0 Å². The van der Waals surface area contributed by atoms with Crippen molar-refractivity contribution in [3.63, 3.8) is 0 Å². The summed E-state index contributed by atoms with van der Waals surface area (Å²) in [7, 11) is 0. The second kappa shape index (κ2) is 5.25. The summed E-state index contributed by atoms with van der Waals surface area (Å²) in [6.45, 7) is 4.30. The summed E-state index contributed by atoms with van der Waals surface area (Å²) in [4.78, 5) is 7.61. The first-order chi connectivity index (χ1) is 10.3. The Morgan fingerprint density at radius 3 is 2.86 bits per heavy atom. The highest BCUT2D eigenvalue weighted by molar-refractivity contribution is 7.99. The van der Waals surface area contributed by atoms with Gasteiger partial charge in [-0.1, -0.05) is 25.6 Å². The van der Waals surface area contributed by atoms with Crippen molar-refractivity contribution < 1.29 is 0 Å². The molecule has 0 aliphatic heterocycles. The number of aromatic nitrogens is 4. The quantitative estimate of drug-likeness (QED) is 0.687. The van der Waals surface area contributed by atoms with Crippen LogP contribution in [0.25, 0.3) is 15.9 Å². The molecule has 0 fully saturated rings. The topological polar surface area (TPSA) is 43.1 Å². The van der Waals surface area contributed by atoms with E-state index in [2.05, 4.69) is 28.4 Å². The zero-order chi connectivity index (χ0) is 14.4. The van der Waals surface area contributed by atoms with Gasteiger partial charge in [-0.05, 0) is 37.0 Å². The highest BCUT2D eigenvalue weighted by atomic mass is 32.2. The summed E-state index contributed by atoms with van der Waals surface area (Å²) in [5.74, 6) is 2.08. The standard InChI is InChI=1S/C15H18N4S2/c1-3-11-16-14-12(9-7-5-6-8-10(9)21-14)13-17-18-15(19(11)13)20-4-2/h3-8H2,1-2H3. The predicted molar refractivity (Wildman–Crippen MR) is 88.6 cm³/mol. The Morgan fingerprint density at radius 1 is 1.19 bits per heavy atom. The molecule has 0 unspecified atom stereocenters. The molecule has 4 rings (SSSR count). The van der Waals surface area contributed by atoms with E-state index in [1.54, 1.807) is 11.8 Å². The highest BCUT2D eigenvalue weighted by Crippen LogP contribution is 2.38. The van der Waals surface area contributed by atoms with Crippen LogP contribution in [0.2, 0.25) is 0 Å². The Balaban J connectivity index is 2.09. The molecule has 3 aromatic heterocycles. The minimum absolute atomic E-state index is 0.907. The largest absolute Gasteiger partial charge is 0.257 e. The van der Waals surface area contributed by atoms with Gasteiger partial charge in [-0.2, -0.15) is 0 Å². The van der Waals surface area contributed by atoms with Gasteiger partial charge in [0.15, 0.2) is 10.8 Å². The molecule has 3 aromatic rings. The minimum Gasteiger partial charge on any atom is -0.257 e. The zero-order valence-corrected chi connectivity index (χ0v) is 14.0. The highest BCUT2D eigenvalue weighted by Gasteiger charge is 2.22. The lowest BCUT2D eigenvalue weighted by atomic mass is 9.97. The van der Waals surface area contributed by atoms with Crippen molar-refractivity contribution in [2.75, 3.05) is 5.75 Å². The number of thioether (sulfide) groups is 1. The zero-order valence-electron chi connectivity index (χ0n) is 12.3. The van der Waals surface area contributed by atoms with Gasteiger partial charge in [-0.3, -0.25) is 4.40 Å². The fourth-order valence-corrected chi connectivity index (χ4v) is 5.10. The molecule has 4 nitrogen and oxygen atoms in total. The molecule has 110 valence electrons. The van der Waals surface area contributed by atoms with Crippen LogP contribution >= 0.6 is 23.1 Å². The third kappa shape index (κ3) is 1.99. The number of thiophene rings is 1. The van der Waals surface area contributed by atoms with Crippen LogP contribution in [0, 0.1) is 0 Å². The maximum Gasteiger partial charge on any atom is 0.197 e. The first-order valence-corrected chi connectivity index (χ1v) is 9.44. The van der Waals surface area contributed by atoms with E-state index in [9.17, 15) is 0 Å². The molecular formula is C15H18N4S2. The molecular weight excluding hydrogens is 300 g/mol. The van der Waals surface area contributed by atoms with E-state index < -0.39 is 0 Å². The Morgan fingerprint density at radius 2 is 2.05 bits per heavy atom. The molecule has 0 saturated heterocycles. The molecule has 1 aliphatic carbocycles. The molecule has 1 aliphatic rings. The molecule has 0 saturated carbocycles. The summed E-state index contributed by atoms with van der Waals surface area (Å²) in [6.07, 6.45) is 5.87. The summed E-state index contributed by atoms with van der Waals surface area (Å²) in [6, 6.07) is 0. The van der Waals surface area contributed by atoms with Gasteiger partial charge in [0.2, 0.25) is 0 Å². The van der Waals surface area contributed by atoms with Crippen molar-refractivity contribution in [1.82, 2.24) is 19.6 Å². The van der Waals surface area contributed by atoms with E-state index in [4.69, 9.17) is 4.98 Å². The smallest absolute Gasteiger partial charge is 0.197 e. The van der Waals surface area contributed by atoms with Crippen molar-refractivity contribution in [2.24, 2.45) is 0 Å². The molecule has 3 heterocycles. The monoisotopic (exact) mass is 318 g/mol. The van der Waals surface area contributed by atoms with Crippen LogP contribution in [0.15, 0.2) is 5.16 Å². The van der Waals surface area contributed by atoms with Gasteiger partial charge in [-0.15, -0.1) is 21.5 Å². The predicted octanol–water partition coefficient (Wildman–Crippen LogP) is 3.89. The van der Waals surface area contributed by atoms with Crippen molar-refractivity contribution in [3.8, 4) is 0 Å². The fourth-order valence-electron chi connectivity index (χ4n) is 3.15. The second-order valence-corrected chi connectivity index (χ2v) is 7.66. The van der Waals surface area contributed by atoms with Crippen LogP contribution in [0.5, 0.6) is 0 Å². The summed E-state index contributed by atoms with van der Waals surface area (Å²) in [5.41, 5.74) is 2.51. The summed E-state index contributed by atoms with van der Waals surface area (Å²) >= 11 is 3.61. The lowest BCUT2D eigenvalue weighted by molar-refractivity contribution is 0.700. The van der Waals surface area contributed by atoms with Crippen LogP contribution in [-0.2, 0) is 19.3 Å². The van der Waals surface area contributed by atoms with Gasteiger partial charge in [0.1, 0.15) is 10.7 Å². The van der Waals surface area contributed by atoms with Crippen LogP contribution < -0.4 is 0 Å². The van der Waals surface area contributed by atoms with Gasteiger partial charge in [0.25, 0.3) is 0 Å². The maximum atomic E-state index is 4.93. The number of fused-ring (bicyclic) bond motifs is 5. The molecule has 0 spiro atoms. The number of nitrogens with zero attached hydrogens (tertiary/aromatic N) is 4. The van der Waals surface area contributed by atoms with Gasteiger partial charge < -0.3 is 0 Å². The lowest BCUT2D eigenvalue weighted by Crippen LogP contribution is -2.03. The SMILES string of the molecule is CCSc1nnc2c3c4c(sc3nc(CC)n12)CCCC4. The van der Waals surface area contributed by atoms with Gasteiger partial charge in [-0.25, -0.2) is 4.98 Å². The maximum absolute atomic E-state index is 4.93. The van der Waals surface area contributed by atoms with Gasteiger partial charge in [0, 0.05) is 11.3 Å². The third-order valence-corrected chi connectivity index (χ3v) is 6.08. The van der Waals surface area contributed by atoms with E-state index in [1.807, 2.05) is 11.3 Å². The van der Waals surface area contributed by atoms with Crippen LogP contribution in [-0.4, -0.2) is 25.3 Å². The van der Waals surface area contributed by atoms with E-state index in [0.717, 1.165) is 33.6 Å². The molecule has 21 heavy (non-hydrogen) atoms. The fraction of sp³-hybridized carbons (Fsp3) is 0.533. The Bertz CT molecular complexity index is 818. The van der Waals surface area contributed by atoms with E-state index in [0.29, 0.717) is 0 Å². The average molecular weight is 318 g/mol. The number of rotatable bonds is 3. The van der Waals surface area contributed by atoms with Crippen LogP contribution in [0.3, 0.4) is 0 Å². The Labute approximate surface area is 132 Å². The molecule has 0 bridgehead atoms. The Kier molecular flexibility index (Phi) is 3.38. The summed E-state index contributed by atoms with van der Waals surface area (Å²) < 4.78 is 2.18. The van der Waals surface area contributed by atoms with Crippen molar-refractivity contribution in [3.05, 3.63) is 16.3 Å². The average Bonchev–Trinajstić information content (AvgIpc) is 3.07. The minimum atomic E-state index is 0.907. The molecule has 0 radical (unpaired) electrons. The van der Waals surface area contributed by atoms with E-state index in [1.165, 1.54) is 41.5 Å². The first kappa shape index (κ1) is 13.5. The Hall–Kier alpha value is -1.14. The van der Waals surface area contributed by atoms with Crippen molar-refractivity contribution in [2.45, 2.75) is 51.1 Å². The van der Waals surface area contributed by atoms with E-state index in [-0.39, 0.29) is 0 Å². The molecule has 0 amide bonds. The second-order valence-electron chi connectivity index (χ2n) is 5.35. The number of hydrogen-bond acceptors (Lipinski definition) is 5. The van der Waals surface area contributed by atoms with Crippen LogP contribution in [0.4, 0.5) is 0 Å². The van der Waals surface area contributed by atoms with Gasteiger partial charge >= 0.3 is 0 Å². The number of hydrogen-bond donors (Lipinski definition) is 0. The normalized spacial score (nSPS) is 15.0. The van der Waals surface area contributed by atoms with Crippen LogP contribution in [0.1, 0.15) is 43.0 Å². The molecule has 6 heteroatoms. The summed E-state index contributed by atoms with van der Waals surface area (Å²) in [5, 5.41) is 11.2. The third-order valence-electron chi connectivity index (χ3n) is 4.09. The molecule has 0 atom stereocenters. The first-order valence-electron chi connectivity index (χ1n) is 7.64.